The van der Waals surface area contributed by atoms with Gasteiger partial charge >= 0.3 is 0 Å². The number of rotatable bonds is 8. The molecule has 1 aliphatic rings. The summed E-state index contributed by atoms with van der Waals surface area (Å²) < 4.78 is 16.5. The van der Waals surface area contributed by atoms with E-state index in [1.165, 1.54) is 4.88 Å². The number of benzene rings is 2. The number of anilines is 1. The van der Waals surface area contributed by atoms with Crippen molar-refractivity contribution >= 4 is 34.1 Å². The van der Waals surface area contributed by atoms with Crippen LogP contribution in [0.3, 0.4) is 0 Å². The average molecular weight is 535 g/mol. The number of para-hydroxylation sites is 1. The molecule has 0 radical (unpaired) electrons. The second-order valence-corrected chi connectivity index (χ2v) is 11.7. The lowest BCUT2D eigenvalue weighted by Crippen LogP contribution is -2.27. The maximum Gasteiger partial charge on any atom is 0.259 e. The topological polar surface area (TPSA) is 69.2 Å². The Hall–Kier alpha value is -3.32. The van der Waals surface area contributed by atoms with Crippen molar-refractivity contribution in [3.05, 3.63) is 63.5 Å². The van der Waals surface area contributed by atoms with Crippen LogP contribution in [0, 0.1) is 11.3 Å². The molecule has 0 bridgehead atoms. The Balaban J connectivity index is 1.77. The number of fused-ring (bicyclic) bond motifs is 1. The second kappa shape index (κ2) is 11.6. The number of ether oxygens (including phenoxy) is 3. The number of carbonyl (C=O) groups is 1. The summed E-state index contributed by atoms with van der Waals surface area (Å²) in [6, 6.07) is 11.6. The number of hydrogen-bond donors (Lipinski definition) is 1. The number of aryl methyl sites for hydroxylation is 1. The fourth-order valence-corrected chi connectivity index (χ4v) is 6.32. The molecule has 1 aromatic heterocycles. The van der Waals surface area contributed by atoms with Gasteiger partial charge in [-0.1, -0.05) is 45.9 Å². The van der Waals surface area contributed by atoms with Gasteiger partial charge in [-0.05, 0) is 60.3 Å². The summed E-state index contributed by atoms with van der Waals surface area (Å²) in [7, 11) is 4.80. The van der Waals surface area contributed by atoms with E-state index in [2.05, 4.69) is 39.1 Å². The van der Waals surface area contributed by atoms with Gasteiger partial charge in [-0.25, -0.2) is 4.99 Å². The van der Waals surface area contributed by atoms with Crippen LogP contribution >= 0.6 is 11.3 Å². The smallest absolute Gasteiger partial charge is 0.259 e. The lowest BCUT2D eigenvalue weighted by molar-refractivity contribution is 0.102. The molecule has 6 nitrogen and oxygen atoms in total. The molecule has 1 N–H and O–H groups in total. The fourth-order valence-electron chi connectivity index (χ4n) is 5.05. The van der Waals surface area contributed by atoms with Gasteiger partial charge in [0.25, 0.3) is 5.91 Å². The van der Waals surface area contributed by atoms with Crippen molar-refractivity contribution in [2.24, 2.45) is 16.3 Å². The molecule has 1 aliphatic carbocycles. The van der Waals surface area contributed by atoms with Crippen molar-refractivity contribution in [2.45, 2.75) is 53.4 Å². The Kier molecular flexibility index (Phi) is 8.46. The van der Waals surface area contributed by atoms with E-state index < -0.39 is 0 Å². The Morgan fingerprint density at radius 3 is 2.42 bits per heavy atom. The minimum Gasteiger partial charge on any atom is -0.496 e. The summed E-state index contributed by atoms with van der Waals surface area (Å²) in [6.07, 6.45) is 5.49. The van der Waals surface area contributed by atoms with Crippen molar-refractivity contribution in [2.75, 3.05) is 26.6 Å². The third-order valence-electron chi connectivity index (χ3n) is 7.40. The SMILES string of the molecule is CCc1ccccc1NC(=O)c1c(N=Cc2cc(OC)c(OC)cc2OC)sc2c1CCC(C(C)(C)C)C2. The van der Waals surface area contributed by atoms with Crippen LogP contribution in [0.25, 0.3) is 0 Å². The predicted molar refractivity (Wildman–Crippen MR) is 156 cm³/mol. The van der Waals surface area contributed by atoms with Crippen LogP contribution in [0.5, 0.6) is 17.2 Å². The van der Waals surface area contributed by atoms with Gasteiger partial charge in [0.2, 0.25) is 0 Å². The summed E-state index contributed by atoms with van der Waals surface area (Å²) in [4.78, 5) is 19.9. The van der Waals surface area contributed by atoms with Crippen LogP contribution in [0.15, 0.2) is 41.4 Å². The van der Waals surface area contributed by atoms with E-state index in [0.29, 0.717) is 33.7 Å². The minimum atomic E-state index is -0.107. The van der Waals surface area contributed by atoms with E-state index in [4.69, 9.17) is 19.2 Å². The Bertz CT molecular complexity index is 1340. The zero-order valence-electron chi connectivity index (χ0n) is 23.4. The molecule has 3 aromatic rings. The van der Waals surface area contributed by atoms with Gasteiger partial charge in [-0.3, -0.25) is 4.79 Å². The maximum atomic E-state index is 13.8. The summed E-state index contributed by atoms with van der Waals surface area (Å²) in [5.74, 6) is 2.24. The van der Waals surface area contributed by atoms with Crippen LogP contribution in [-0.2, 0) is 19.3 Å². The molecule has 0 saturated carbocycles. The lowest BCUT2D eigenvalue weighted by atomic mass is 9.72. The first kappa shape index (κ1) is 27.7. The molecule has 0 spiro atoms. The highest BCUT2D eigenvalue weighted by molar-refractivity contribution is 7.16. The number of thiophene rings is 1. The molecule has 1 amide bonds. The van der Waals surface area contributed by atoms with E-state index in [0.717, 1.165) is 48.1 Å². The van der Waals surface area contributed by atoms with Crippen molar-refractivity contribution in [3.63, 3.8) is 0 Å². The lowest BCUT2D eigenvalue weighted by Gasteiger charge is -2.33. The molecule has 1 unspecified atom stereocenters. The standard InChI is InChI=1S/C31H38N2O4S/c1-8-19-11-9-10-12-23(19)33-29(34)28-22-14-13-21(31(2,3)4)16-27(22)38-30(28)32-18-20-15-25(36-6)26(37-7)17-24(20)35-5/h9-12,15,17-18,21H,8,13-14,16H2,1-7H3,(H,33,34). The summed E-state index contributed by atoms with van der Waals surface area (Å²) >= 11 is 1.63. The Morgan fingerprint density at radius 1 is 1.08 bits per heavy atom. The molecular formula is C31H38N2O4S. The minimum absolute atomic E-state index is 0.107. The van der Waals surface area contributed by atoms with Crippen molar-refractivity contribution in [3.8, 4) is 17.2 Å². The number of nitrogens with one attached hydrogen (secondary N) is 1. The van der Waals surface area contributed by atoms with E-state index in [1.54, 1.807) is 44.9 Å². The van der Waals surface area contributed by atoms with Crippen LogP contribution in [0.4, 0.5) is 10.7 Å². The highest BCUT2D eigenvalue weighted by Crippen LogP contribution is 2.45. The largest absolute Gasteiger partial charge is 0.496 e. The quantitative estimate of drug-likeness (QED) is 0.304. The molecule has 2 aromatic carbocycles. The molecule has 1 heterocycles. The number of methoxy groups -OCH3 is 3. The number of amides is 1. The summed E-state index contributed by atoms with van der Waals surface area (Å²) in [6.45, 7) is 8.99. The zero-order chi connectivity index (χ0) is 27.4. The molecular weight excluding hydrogens is 496 g/mol. The first-order chi connectivity index (χ1) is 18.2. The molecule has 1 atom stereocenters. The van der Waals surface area contributed by atoms with Crippen LogP contribution in [0.2, 0.25) is 0 Å². The van der Waals surface area contributed by atoms with Gasteiger partial charge < -0.3 is 19.5 Å². The molecule has 38 heavy (non-hydrogen) atoms. The highest BCUT2D eigenvalue weighted by atomic mass is 32.1. The zero-order valence-corrected chi connectivity index (χ0v) is 24.3. The van der Waals surface area contributed by atoms with E-state index in [1.807, 2.05) is 24.3 Å². The molecule has 7 heteroatoms. The number of hydrogen-bond acceptors (Lipinski definition) is 6. The monoisotopic (exact) mass is 534 g/mol. The van der Waals surface area contributed by atoms with Crippen molar-refractivity contribution in [1.29, 1.82) is 0 Å². The van der Waals surface area contributed by atoms with Gasteiger partial charge in [0.1, 0.15) is 10.8 Å². The van der Waals surface area contributed by atoms with Gasteiger partial charge in [-0.2, -0.15) is 0 Å². The molecule has 0 fully saturated rings. The van der Waals surface area contributed by atoms with Crippen LogP contribution < -0.4 is 19.5 Å². The Labute approximate surface area is 230 Å². The third kappa shape index (κ3) is 5.73. The van der Waals surface area contributed by atoms with Gasteiger partial charge in [0.05, 0.1) is 26.9 Å². The van der Waals surface area contributed by atoms with E-state index in [-0.39, 0.29) is 11.3 Å². The average Bonchev–Trinajstić information content (AvgIpc) is 3.28. The van der Waals surface area contributed by atoms with E-state index in [9.17, 15) is 4.79 Å². The third-order valence-corrected chi connectivity index (χ3v) is 8.56. The molecule has 202 valence electrons. The van der Waals surface area contributed by atoms with Crippen LogP contribution in [-0.4, -0.2) is 33.5 Å². The van der Waals surface area contributed by atoms with Gasteiger partial charge in [-0.15, -0.1) is 11.3 Å². The first-order valence-corrected chi connectivity index (χ1v) is 13.9. The first-order valence-electron chi connectivity index (χ1n) is 13.1. The van der Waals surface area contributed by atoms with Gasteiger partial charge in [0.15, 0.2) is 11.5 Å². The Morgan fingerprint density at radius 2 is 1.76 bits per heavy atom. The summed E-state index contributed by atoms with van der Waals surface area (Å²) in [5.41, 5.74) is 4.72. The number of aliphatic imine (C=N–C) groups is 1. The van der Waals surface area contributed by atoms with Gasteiger partial charge in [0, 0.05) is 28.4 Å². The molecule has 0 saturated heterocycles. The predicted octanol–water partition coefficient (Wildman–Crippen LogP) is 7.49. The van der Waals surface area contributed by atoms with E-state index >= 15 is 0 Å². The second-order valence-electron chi connectivity index (χ2n) is 10.7. The highest BCUT2D eigenvalue weighted by Gasteiger charge is 2.33. The normalized spacial score (nSPS) is 15.3. The number of nitrogens with zero attached hydrogens (tertiary/aromatic N) is 1. The fraction of sp³-hybridized carbons (Fsp3) is 0.419. The molecule has 4 rings (SSSR count). The summed E-state index contributed by atoms with van der Waals surface area (Å²) in [5, 5.41) is 3.90. The maximum absolute atomic E-state index is 13.8. The molecule has 0 aliphatic heterocycles. The van der Waals surface area contributed by atoms with Crippen LogP contribution in [0.1, 0.15) is 66.0 Å². The number of carbonyl (C=O) groups excluding carboxylic acids is 1. The van der Waals surface area contributed by atoms with Crippen molar-refractivity contribution < 1.29 is 19.0 Å². The van der Waals surface area contributed by atoms with Crippen molar-refractivity contribution in [1.82, 2.24) is 0 Å².